The molecular formula is C17H16Cl2F3N2O5PS. The molecule has 1 atom stereocenters. The molecule has 0 spiro atoms. The lowest BCUT2D eigenvalue weighted by molar-refractivity contribution is -0.137. The summed E-state index contributed by atoms with van der Waals surface area (Å²) in [5.41, 5.74) is -1.65. The SMILES string of the molecule is O=P(O)(c1ccc(Cl)cc1NS(=O)(=O)c1ccc(Cl)c(C(F)(F)F)c1)N1CCOCC1. The van der Waals surface area contributed by atoms with Gasteiger partial charge in [0, 0.05) is 18.1 Å². The maximum Gasteiger partial charge on any atom is 0.417 e. The van der Waals surface area contributed by atoms with E-state index in [0.717, 1.165) is 18.2 Å². The molecule has 1 saturated heterocycles. The predicted molar refractivity (Wildman–Crippen MR) is 111 cm³/mol. The number of anilines is 1. The Kier molecular flexibility index (Phi) is 6.98. The molecule has 1 aliphatic heterocycles. The largest absolute Gasteiger partial charge is 0.417 e. The van der Waals surface area contributed by atoms with Crippen molar-refractivity contribution in [1.29, 1.82) is 0 Å². The lowest BCUT2D eigenvalue weighted by Crippen LogP contribution is -2.37. The number of hydrogen-bond acceptors (Lipinski definition) is 4. The van der Waals surface area contributed by atoms with Crippen LogP contribution in [0.25, 0.3) is 0 Å². The van der Waals surface area contributed by atoms with Gasteiger partial charge in [-0.1, -0.05) is 23.2 Å². The second kappa shape index (κ2) is 8.90. The van der Waals surface area contributed by atoms with E-state index in [1.807, 2.05) is 0 Å². The molecule has 0 bridgehead atoms. The van der Waals surface area contributed by atoms with Gasteiger partial charge in [0.05, 0.1) is 39.7 Å². The fourth-order valence-electron chi connectivity index (χ4n) is 2.91. The Balaban J connectivity index is 2.03. The molecule has 2 aromatic rings. The molecule has 1 unspecified atom stereocenters. The smallest absolute Gasteiger partial charge is 0.379 e. The minimum Gasteiger partial charge on any atom is -0.379 e. The molecule has 0 aliphatic carbocycles. The van der Waals surface area contributed by atoms with Gasteiger partial charge in [0.15, 0.2) is 0 Å². The van der Waals surface area contributed by atoms with Gasteiger partial charge >= 0.3 is 13.7 Å². The number of nitrogens with zero attached hydrogens (tertiary/aromatic N) is 1. The van der Waals surface area contributed by atoms with Gasteiger partial charge in [0.1, 0.15) is 0 Å². The topological polar surface area (TPSA) is 95.9 Å². The first-order chi connectivity index (χ1) is 14.3. The van der Waals surface area contributed by atoms with E-state index < -0.39 is 39.2 Å². The molecule has 31 heavy (non-hydrogen) atoms. The van der Waals surface area contributed by atoms with Crippen LogP contribution in [0.3, 0.4) is 0 Å². The van der Waals surface area contributed by atoms with Crippen LogP contribution in [-0.4, -0.2) is 44.3 Å². The highest BCUT2D eigenvalue weighted by Crippen LogP contribution is 2.47. The highest BCUT2D eigenvalue weighted by Gasteiger charge is 2.36. The van der Waals surface area contributed by atoms with E-state index in [-0.39, 0.29) is 42.3 Å². The second-order valence-electron chi connectivity index (χ2n) is 6.52. The molecule has 7 nitrogen and oxygen atoms in total. The van der Waals surface area contributed by atoms with Crippen LogP contribution in [0.15, 0.2) is 41.3 Å². The molecule has 14 heteroatoms. The molecule has 1 heterocycles. The fraction of sp³-hybridized carbons (Fsp3) is 0.294. The normalized spacial score (nSPS) is 17.9. The minimum atomic E-state index is -4.87. The Morgan fingerprint density at radius 3 is 2.35 bits per heavy atom. The summed E-state index contributed by atoms with van der Waals surface area (Å²) >= 11 is 11.5. The highest BCUT2D eigenvalue weighted by molar-refractivity contribution is 7.92. The van der Waals surface area contributed by atoms with E-state index in [1.165, 1.54) is 16.8 Å². The average Bonchev–Trinajstić information content (AvgIpc) is 2.67. The van der Waals surface area contributed by atoms with Crippen molar-refractivity contribution in [2.75, 3.05) is 31.0 Å². The van der Waals surface area contributed by atoms with Crippen LogP contribution in [0.4, 0.5) is 18.9 Å². The van der Waals surface area contributed by atoms with Crippen molar-refractivity contribution in [3.63, 3.8) is 0 Å². The Hall–Kier alpha value is -1.33. The first-order valence-electron chi connectivity index (χ1n) is 8.68. The third-order valence-corrected chi connectivity index (χ3v) is 8.55. The Morgan fingerprint density at radius 2 is 1.74 bits per heavy atom. The summed E-state index contributed by atoms with van der Waals surface area (Å²) in [5.74, 6) is 0. The number of nitrogens with one attached hydrogen (secondary N) is 1. The van der Waals surface area contributed by atoms with Gasteiger partial charge in [-0.25, -0.2) is 13.1 Å². The lowest BCUT2D eigenvalue weighted by Gasteiger charge is -2.31. The monoisotopic (exact) mass is 518 g/mol. The van der Waals surface area contributed by atoms with Gasteiger partial charge in [-0.3, -0.25) is 9.29 Å². The van der Waals surface area contributed by atoms with Crippen LogP contribution in [0.1, 0.15) is 5.56 Å². The number of hydrogen-bond donors (Lipinski definition) is 2. The number of halogens is 5. The third-order valence-electron chi connectivity index (χ3n) is 4.44. The molecule has 3 rings (SSSR count). The summed E-state index contributed by atoms with van der Waals surface area (Å²) < 4.78 is 86.6. The fourth-order valence-corrected chi connectivity index (χ4v) is 6.20. The van der Waals surface area contributed by atoms with Crippen LogP contribution >= 0.6 is 30.7 Å². The summed E-state index contributed by atoms with van der Waals surface area (Å²) in [6.07, 6.45) is -4.87. The molecule has 2 N–H and O–H groups in total. The number of morpholine rings is 1. The van der Waals surface area contributed by atoms with Gasteiger partial charge in [0.25, 0.3) is 10.0 Å². The zero-order valence-electron chi connectivity index (χ0n) is 15.6. The van der Waals surface area contributed by atoms with Crippen molar-refractivity contribution in [1.82, 2.24) is 4.67 Å². The number of ether oxygens (including phenoxy) is 1. The van der Waals surface area contributed by atoms with Crippen molar-refractivity contribution in [2.45, 2.75) is 11.1 Å². The summed E-state index contributed by atoms with van der Waals surface area (Å²) in [6.45, 7) is 0.692. The molecule has 1 fully saturated rings. The van der Waals surface area contributed by atoms with Crippen LogP contribution in [-0.2, 0) is 25.5 Å². The summed E-state index contributed by atoms with van der Waals surface area (Å²) in [7, 11) is -8.82. The standard InChI is InChI=1S/C17H16Cl2F3N2O5PS/c18-11-1-4-16(30(25,26)24-5-7-29-8-6-24)15(9-11)23-31(27,28)12-2-3-14(19)13(10-12)17(20,21)22/h1-4,9-10,23H,5-8H2,(H,25,26). The van der Waals surface area contributed by atoms with Gasteiger partial charge in [-0.05, 0) is 36.4 Å². The molecular weight excluding hydrogens is 503 g/mol. The van der Waals surface area contributed by atoms with Crippen LogP contribution in [0.5, 0.6) is 0 Å². The van der Waals surface area contributed by atoms with Crippen molar-refractivity contribution < 1.29 is 35.8 Å². The summed E-state index contributed by atoms with van der Waals surface area (Å²) in [4.78, 5) is 9.99. The van der Waals surface area contributed by atoms with Crippen molar-refractivity contribution in [3.05, 3.63) is 52.0 Å². The predicted octanol–water partition coefficient (Wildman–Crippen LogP) is 3.96. The van der Waals surface area contributed by atoms with E-state index in [2.05, 4.69) is 4.72 Å². The molecule has 0 saturated carbocycles. The lowest BCUT2D eigenvalue weighted by atomic mass is 10.2. The van der Waals surface area contributed by atoms with Crippen LogP contribution in [0, 0.1) is 0 Å². The van der Waals surface area contributed by atoms with Crippen molar-refractivity contribution in [3.8, 4) is 0 Å². The first kappa shape index (κ1) is 24.3. The van der Waals surface area contributed by atoms with E-state index in [9.17, 15) is 31.0 Å². The van der Waals surface area contributed by atoms with Gasteiger partial charge in [-0.2, -0.15) is 13.2 Å². The van der Waals surface area contributed by atoms with Gasteiger partial charge in [-0.15, -0.1) is 0 Å². The Labute approximate surface area is 186 Å². The maximum absolute atomic E-state index is 13.1. The van der Waals surface area contributed by atoms with Crippen LogP contribution in [0.2, 0.25) is 10.0 Å². The Bertz CT molecular complexity index is 1140. The number of sulfonamides is 1. The number of rotatable bonds is 5. The zero-order valence-corrected chi connectivity index (χ0v) is 18.8. The molecule has 0 aromatic heterocycles. The van der Waals surface area contributed by atoms with E-state index in [4.69, 9.17) is 27.9 Å². The quantitative estimate of drug-likeness (QED) is 0.581. The summed E-state index contributed by atoms with van der Waals surface area (Å²) in [5, 5.41) is -0.870. The molecule has 0 amide bonds. The molecule has 0 radical (unpaired) electrons. The molecule has 2 aromatic carbocycles. The van der Waals surface area contributed by atoms with Gasteiger partial charge in [0.2, 0.25) is 0 Å². The molecule has 1 aliphatic rings. The van der Waals surface area contributed by atoms with E-state index in [1.54, 1.807) is 0 Å². The van der Waals surface area contributed by atoms with E-state index >= 15 is 0 Å². The average molecular weight is 519 g/mol. The maximum atomic E-state index is 13.1. The minimum absolute atomic E-state index is 0.0514. The second-order valence-corrected chi connectivity index (χ2v) is 11.2. The van der Waals surface area contributed by atoms with Crippen molar-refractivity contribution >= 4 is 51.7 Å². The first-order valence-corrected chi connectivity index (χ1v) is 12.5. The van der Waals surface area contributed by atoms with E-state index in [0.29, 0.717) is 6.07 Å². The Morgan fingerprint density at radius 1 is 1.10 bits per heavy atom. The highest BCUT2D eigenvalue weighted by atomic mass is 35.5. The van der Waals surface area contributed by atoms with Crippen molar-refractivity contribution in [2.24, 2.45) is 0 Å². The third kappa shape index (κ3) is 5.36. The van der Waals surface area contributed by atoms with Crippen LogP contribution < -0.4 is 10.0 Å². The molecule has 170 valence electrons. The number of alkyl halides is 3. The number of benzene rings is 2. The zero-order chi connectivity index (χ0) is 23.0. The van der Waals surface area contributed by atoms with Gasteiger partial charge < -0.3 is 9.63 Å². The summed E-state index contributed by atoms with van der Waals surface area (Å²) in [6, 6.07) is 5.70.